The molecular weight excluding hydrogens is 328 g/mol. The molecule has 0 atom stereocenters. The number of hydrogen-bond acceptors (Lipinski definition) is 1. The molecule has 3 aromatic rings. The SMILES string of the molecule is c1ccc(-c2ccc(-c3cccs3)[te]2)cc1. The van der Waals surface area contributed by atoms with Crippen LogP contribution in [-0.2, 0) is 0 Å². The molecule has 1 aromatic carbocycles. The van der Waals surface area contributed by atoms with Gasteiger partial charge in [0.1, 0.15) is 0 Å². The van der Waals surface area contributed by atoms with Crippen LogP contribution in [-0.4, -0.2) is 20.4 Å². The molecule has 78 valence electrons. The molecule has 2 aromatic heterocycles. The Morgan fingerprint density at radius 2 is 1.56 bits per heavy atom. The third kappa shape index (κ3) is 2.01. The molecule has 0 unspecified atom stereocenters. The number of hydrogen-bond donors (Lipinski definition) is 0. The first-order chi connectivity index (χ1) is 7.93. The summed E-state index contributed by atoms with van der Waals surface area (Å²) in [5, 5.41) is 2.16. The van der Waals surface area contributed by atoms with Gasteiger partial charge >= 0.3 is 109 Å². The quantitative estimate of drug-likeness (QED) is 0.616. The monoisotopic (exact) mass is 340 g/mol. The van der Waals surface area contributed by atoms with Crippen LogP contribution in [0.2, 0.25) is 0 Å². The van der Waals surface area contributed by atoms with Gasteiger partial charge in [0.05, 0.1) is 0 Å². The number of benzene rings is 1. The van der Waals surface area contributed by atoms with Gasteiger partial charge in [-0.2, -0.15) is 0 Å². The predicted molar refractivity (Wildman–Crippen MR) is 72.1 cm³/mol. The van der Waals surface area contributed by atoms with E-state index in [0.717, 1.165) is 0 Å². The molecule has 0 N–H and O–H groups in total. The van der Waals surface area contributed by atoms with E-state index in [9.17, 15) is 0 Å². The van der Waals surface area contributed by atoms with Crippen LogP contribution in [0.3, 0.4) is 0 Å². The van der Waals surface area contributed by atoms with Crippen molar-refractivity contribution in [2.24, 2.45) is 0 Å². The van der Waals surface area contributed by atoms with E-state index in [1.165, 1.54) is 10.4 Å². The summed E-state index contributed by atoms with van der Waals surface area (Å²) in [6, 6.07) is 19.7. The summed E-state index contributed by atoms with van der Waals surface area (Å²) in [5.74, 6) is 0. The number of rotatable bonds is 2. The standard InChI is InChI=1S/C14H10STe/c1-2-5-11(6-3-1)13-8-9-14(16-13)12-7-4-10-15-12/h1-10H. The first kappa shape index (κ1) is 10.4. The van der Waals surface area contributed by atoms with Crippen molar-refractivity contribution in [2.45, 2.75) is 0 Å². The zero-order chi connectivity index (χ0) is 10.8. The van der Waals surface area contributed by atoms with Gasteiger partial charge in [0.25, 0.3) is 0 Å². The number of thiophene rings is 1. The Balaban J connectivity index is 2.00. The molecule has 0 bridgehead atoms. The fraction of sp³-hybridized carbons (Fsp3) is 0. The summed E-state index contributed by atoms with van der Waals surface area (Å²) in [6.07, 6.45) is 0. The van der Waals surface area contributed by atoms with Crippen molar-refractivity contribution >= 4 is 31.8 Å². The summed E-state index contributed by atoms with van der Waals surface area (Å²) in [7, 11) is 0. The van der Waals surface area contributed by atoms with Crippen LogP contribution in [0.15, 0.2) is 60.0 Å². The molecule has 0 fully saturated rings. The molecule has 3 rings (SSSR count). The van der Waals surface area contributed by atoms with Gasteiger partial charge in [-0.25, -0.2) is 0 Å². The molecule has 0 saturated heterocycles. The van der Waals surface area contributed by atoms with E-state index >= 15 is 0 Å². The Labute approximate surface area is 109 Å². The normalized spacial score (nSPS) is 10.5. The van der Waals surface area contributed by atoms with Crippen LogP contribution >= 0.6 is 11.3 Å². The molecule has 2 heteroatoms. The van der Waals surface area contributed by atoms with Crippen LogP contribution in [0.1, 0.15) is 0 Å². The Hall–Kier alpha value is -0.810. The van der Waals surface area contributed by atoms with E-state index in [2.05, 4.69) is 60.0 Å². The molecule has 0 nitrogen and oxygen atoms in total. The van der Waals surface area contributed by atoms with Crippen molar-refractivity contribution in [2.75, 3.05) is 0 Å². The van der Waals surface area contributed by atoms with Crippen molar-refractivity contribution in [3.63, 3.8) is 0 Å². The first-order valence-electron chi connectivity index (χ1n) is 5.12. The van der Waals surface area contributed by atoms with Gasteiger partial charge in [-0.05, 0) is 0 Å². The van der Waals surface area contributed by atoms with Gasteiger partial charge in [0, 0.05) is 0 Å². The summed E-state index contributed by atoms with van der Waals surface area (Å²) in [4.78, 5) is 1.45. The summed E-state index contributed by atoms with van der Waals surface area (Å²) in [5.41, 5.74) is 1.40. The summed E-state index contributed by atoms with van der Waals surface area (Å²) >= 11 is 1.67. The van der Waals surface area contributed by atoms with Crippen molar-refractivity contribution in [3.05, 3.63) is 60.0 Å². The third-order valence-corrected chi connectivity index (χ3v) is 7.07. The Kier molecular flexibility index (Phi) is 2.97. The Bertz CT molecular complexity index is 564. The zero-order valence-corrected chi connectivity index (χ0v) is 11.7. The molecular formula is C14H10STe. The van der Waals surface area contributed by atoms with E-state index in [0.29, 0.717) is 0 Å². The molecule has 0 radical (unpaired) electrons. The van der Waals surface area contributed by atoms with E-state index in [-0.39, 0.29) is 20.4 Å². The van der Waals surface area contributed by atoms with Crippen LogP contribution in [0, 0.1) is 0 Å². The maximum atomic E-state index is 2.30. The van der Waals surface area contributed by atoms with Crippen LogP contribution in [0.25, 0.3) is 17.6 Å². The van der Waals surface area contributed by atoms with Crippen molar-refractivity contribution in [3.8, 4) is 17.6 Å². The zero-order valence-electron chi connectivity index (χ0n) is 8.59. The van der Waals surface area contributed by atoms with Crippen molar-refractivity contribution in [1.82, 2.24) is 0 Å². The molecule has 0 spiro atoms. The fourth-order valence-corrected chi connectivity index (χ4v) is 5.64. The van der Waals surface area contributed by atoms with E-state index in [1.807, 2.05) is 11.3 Å². The third-order valence-electron chi connectivity index (χ3n) is 2.43. The van der Waals surface area contributed by atoms with E-state index < -0.39 is 0 Å². The first-order valence-corrected chi connectivity index (χ1v) is 8.33. The average molecular weight is 338 g/mol. The topological polar surface area (TPSA) is 0 Å². The predicted octanol–water partition coefficient (Wildman–Crippen LogP) is 4.14. The molecule has 16 heavy (non-hydrogen) atoms. The van der Waals surface area contributed by atoms with Gasteiger partial charge in [-0.15, -0.1) is 0 Å². The van der Waals surface area contributed by atoms with Crippen LogP contribution < -0.4 is 0 Å². The summed E-state index contributed by atoms with van der Waals surface area (Å²) < 4.78 is 3.12. The van der Waals surface area contributed by atoms with Crippen LogP contribution in [0.5, 0.6) is 0 Å². The van der Waals surface area contributed by atoms with E-state index in [1.54, 1.807) is 7.16 Å². The summed E-state index contributed by atoms with van der Waals surface area (Å²) in [6.45, 7) is 0. The Morgan fingerprint density at radius 3 is 2.31 bits per heavy atom. The second kappa shape index (κ2) is 4.59. The molecule has 2 heterocycles. The van der Waals surface area contributed by atoms with Crippen molar-refractivity contribution < 1.29 is 0 Å². The Morgan fingerprint density at radius 1 is 0.750 bits per heavy atom. The minimum atomic E-state index is -0.179. The molecule has 0 aliphatic heterocycles. The maximum absolute atomic E-state index is 2.30. The molecule has 0 aliphatic carbocycles. The van der Waals surface area contributed by atoms with Gasteiger partial charge in [0.15, 0.2) is 0 Å². The van der Waals surface area contributed by atoms with Crippen molar-refractivity contribution in [1.29, 1.82) is 0 Å². The van der Waals surface area contributed by atoms with Gasteiger partial charge in [-0.3, -0.25) is 0 Å². The van der Waals surface area contributed by atoms with Gasteiger partial charge in [0.2, 0.25) is 0 Å². The second-order valence-electron chi connectivity index (χ2n) is 3.51. The molecule has 0 aliphatic rings. The minimum absolute atomic E-state index is 0.179. The fourth-order valence-electron chi connectivity index (χ4n) is 1.65. The van der Waals surface area contributed by atoms with E-state index in [4.69, 9.17) is 0 Å². The van der Waals surface area contributed by atoms with Gasteiger partial charge < -0.3 is 0 Å². The van der Waals surface area contributed by atoms with Gasteiger partial charge in [-0.1, -0.05) is 0 Å². The molecule has 0 saturated carbocycles. The molecule has 0 amide bonds. The van der Waals surface area contributed by atoms with Crippen LogP contribution in [0.4, 0.5) is 0 Å². The second-order valence-corrected chi connectivity index (χ2v) is 7.55. The average Bonchev–Trinajstić information content (AvgIpc) is 3.01.